The van der Waals surface area contributed by atoms with Gasteiger partial charge in [0.15, 0.2) is 5.65 Å². The molecule has 1 aliphatic heterocycles. The Morgan fingerprint density at radius 2 is 1.87 bits per heavy atom. The average Bonchev–Trinajstić information content (AvgIpc) is 3.39. The highest BCUT2D eigenvalue weighted by atomic mass is 19.1. The molecule has 31 heavy (non-hydrogen) atoms. The highest BCUT2D eigenvalue weighted by molar-refractivity contribution is 5.97. The molecule has 0 fully saturated rings. The third-order valence-electron chi connectivity index (χ3n) is 5.75. The molecule has 0 aliphatic carbocycles. The summed E-state index contributed by atoms with van der Waals surface area (Å²) in [5, 5.41) is 8.87. The summed E-state index contributed by atoms with van der Waals surface area (Å²) in [5.74, 6) is -0.479. The fourth-order valence-corrected chi connectivity index (χ4v) is 4.18. The van der Waals surface area contributed by atoms with Gasteiger partial charge in [0.2, 0.25) is 0 Å². The second-order valence-electron chi connectivity index (χ2n) is 7.64. The Kier molecular flexibility index (Phi) is 3.83. The van der Waals surface area contributed by atoms with Gasteiger partial charge in [-0.05, 0) is 41.5 Å². The minimum absolute atomic E-state index is 0.147. The largest absolute Gasteiger partial charge is 0.329 e. The summed E-state index contributed by atoms with van der Waals surface area (Å²) in [6.07, 6.45) is 3.28. The second-order valence-corrected chi connectivity index (χ2v) is 7.64. The van der Waals surface area contributed by atoms with Crippen molar-refractivity contribution in [2.24, 2.45) is 0 Å². The summed E-state index contributed by atoms with van der Waals surface area (Å²) in [6, 6.07) is 18.6. The number of amides is 1. The molecule has 7 heteroatoms. The maximum Gasteiger partial charge on any atom is 0.271 e. The van der Waals surface area contributed by atoms with Gasteiger partial charge in [-0.15, -0.1) is 10.2 Å². The van der Waals surface area contributed by atoms with Crippen LogP contribution in [-0.4, -0.2) is 30.4 Å². The van der Waals surface area contributed by atoms with Crippen molar-refractivity contribution < 1.29 is 9.18 Å². The first-order valence-electron chi connectivity index (χ1n) is 9.92. The molecule has 0 spiro atoms. The van der Waals surface area contributed by atoms with Crippen LogP contribution >= 0.6 is 0 Å². The van der Waals surface area contributed by atoms with Gasteiger partial charge in [0, 0.05) is 35.8 Å². The monoisotopic (exact) mass is 409 g/mol. The molecule has 0 atom stereocenters. The summed E-state index contributed by atoms with van der Waals surface area (Å²) < 4.78 is 16.7. The molecule has 0 N–H and O–H groups in total. The van der Waals surface area contributed by atoms with E-state index in [2.05, 4.69) is 15.2 Å². The van der Waals surface area contributed by atoms with Crippen molar-refractivity contribution in [1.29, 1.82) is 0 Å². The smallest absolute Gasteiger partial charge is 0.271 e. The molecule has 1 amide bonds. The number of aromatic nitrogens is 4. The zero-order valence-electron chi connectivity index (χ0n) is 16.4. The van der Waals surface area contributed by atoms with Crippen LogP contribution in [0.4, 0.5) is 4.39 Å². The number of hydrogen-bond donors (Lipinski definition) is 0. The fraction of sp³-hybridized carbons (Fsp3) is 0.0833. The van der Waals surface area contributed by atoms with Gasteiger partial charge in [-0.1, -0.05) is 30.3 Å². The Hall–Kier alpha value is -4.13. The molecule has 6 rings (SSSR count). The van der Waals surface area contributed by atoms with E-state index in [4.69, 9.17) is 0 Å². The van der Waals surface area contributed by atoms with Crippen molar-refractivity contribution in [3.8, 4) is 11.1 Å². The van der Waals surface area contributed by atoms with Gasteiger partial charge in [-0.3, -0.25) is 14.2 Å². The van der Waals surface area contributed by atoms with Gasteiger partial charge in [0.25, 0.3) is 5.91 Å². The molecule has 0 radical (unpaired) electrons. The van der Waals surface area contributed by atoms with Crippen molar-refractivity contribution in [2.45, 2.75) is 13.1 Å². The minimum Gasteiger partial charge on any atom is -0.329 e. The van der Waals surface area contributed by atoms with Gasteiger partial charge in [0.1, 0.15) is 17.8 Å². The summed E-state index contributed by atoms with van der Waals surface area (Å²) in [5.41, 5.74) is 5.14. The van der Waals surface area contributed by atoms with Crippen molar-refractivity contribution in [3.05, 3.63) is 95.8 Å². The molecule has 0 bridgehead atoms. The van der Waals surface area contributed by atoms with Crippen molar-refractivity contribution in [3.63, 3.8) is 0 Å². The summed E-state index contributed by atoms with van der Waals surface area (Å²) in [6.45, 7) is 0.631. The predicted molar refractivity (Wildman–Crippen MR) is 114 cm³/mol. The van der Waals surface area contributed by atoms with Gasteiger partial charge in [-0.25, -0.2) is 4.39 Å². The van der Waals surface area contributed by atoms with E-state index in [0.29, 0.717) is 23.4 Å². The van der Waals surface area contributed by atoms with E-state index in [-0.39, 0.29) is 18.3 Å². The molecule has 2 aromatic carbocycles. The minimum atomic E-state index is -0.331. The molecule has 3 aromatic heterocycles. The lowest BCUT2D eigenvalue weighted by Crippen LogP contribution is -2.24. The van der Waals surface area contributed by atoms with Crippen LogP contribution in [0.3, 0.4) is 0 Å². The summed E-state index contributed by atoms with van der Waals surface area (Å²) >= 11 is 0. The number of hydrogen-bond acceptors (Lipinski definition) is 4. The first kappa shape index (κ1) is 17.7. The maximum absolute atomic E-state index is 15.0. The van der Waals surface area contributed by atoms with E-state index in [9.17, 15) is 9.18 Å². The molecular formula is C24H16FN5O. The van der Waals surface area contributed by atoms with Gasteiger partial charge >= 0.3 is 0 Å². The standard InChI is InChI=1S/C24H16FN5O/c25-20-11-16(15-5-7-21-17(10-15)2-1-9-26-21)3-4-18(20)12-29-13-19-6-8-22-28-27-14-30(22)23(19)24(29)31/h1-11,14H,12-13H2. The summed E-state index contributed by atoms with van der Waals surface area (Å²) in [4.78, 5) is 18.9. The van der Waals surface area contributed by atoms with Crippen LogP contribution in [0.1, 0.15) is 21.6 Å². The molecular weight excluding hydrogens is 393 g/mol. The van der Waals surface area contributed by atoms with Crippen LogP contribution in [-0.2, 0) is 13.1 Å². The Labute approximate surface area is 176 Å². The first-order valence-corrected chi connectivity index (χ1v) is 9.92. The number of pyridine rings is 2. The Balaban J connectivity index is 1.29. The van der Waals surface area contributed by atoms with E-state index in [1.54, 1.807) is 21.6 Å². The number of carbonyl (C=O) groups is 1. The van der Waals surface area contributed by atoms with E-state index < -0.39 is 0 Å². The number of benzene rings is 2. The molecule has 1 aliphatic rings. The van der Waals surface area contributed by atoms with Crippen LogP contribution in [0, 0.1) is 5.82 Å². The predicted octanol–water partition coefficient (Wildman–Crippen LogP) is 4.24. The van der Waals surface area contributed by atoms with E-state index in [1.165, 1.54) is 12.4 Å². The Morgan fingerprint density at radius 3 is 2.77 bits per heavy atom. The van der Waals surface area contributed by atoms with E-state index in [0.717, 1.165) is 27.6 Å². The number of halogens is 1. The lowest BCUT2D eigenvalue weighted by Gasteiger charge is -2.16. The van der Waals surface area contributed by atoms with Gasteiger partial charge in [0.05, 0.1) is 5.52 Å². The number of fused-ring (bicyclic) bond motifs is 4. The topological polar surface area (TPSA) is 63.4 Å². The van der Waals surface area contributed by atoms with Crippen molar-refractivity contribution >= 4 is 22.5 Å². The Bertz CT molecular complexity index is 1490. The average molecular weight is 409 g/mol. The van der Waals surface area contributed by atoms with Crippen LogP contribution in [0.25, 0.3) is 27.7 Å². The third-order valence-corrected chi connectivity index (χ3v) is 5.75. The van der Waals surface area contributed by atoms with Crippen LogP contribution in [0.15, 0.2) is 73.2 Å². The van der Waals surface area contributed by atoms with E-state index in [1.807, 2.05) is 48.5 Å². The van der Waals surface area contributed by atoms with Crippen LogP contribution < -0.4 is 0 Å². The lowest BCUT2D eigenvalue weighted by molar-refractivity contribution is 0.0760. The van der Waals surface area contributed by atoms with Crippen LogP contribution in [0.5, 0.6) is 0 Å². The molecule has 0 saturated carbocycles. The molecule has 5 aromatic rings. The molecule has 4 heterocycles. The van der Waals surface area contributed by atoms with Crippen molar-refractivity contribution in [2.75, 3.05) is 0 Å². The SMILES string of the molecule is O=C1c2c(ccc3nncn23)CN1Cc1ccc(-c2ccc3ncccc3c2)cc1F. The number of carbonyl (C=O) groups excluding carboxylic acids is 1. The van der Waals surface area contributed by atoms with Crippen LogP contribution in [0.2, 0.25) is 0 Å². The third kappa shape index (κ3) is 2.85. The van der Waals surface area contributed by atoms with Crippen molar-refractivity contribution in [1.82, 2.24) is 24.5 Å². The number of rotatable bonds is 3. The first-order chi connectivity index (χ1) is 15.2. The molecule has 6 nitrogen and oxygen atoms in total. The maximum atomic E-state index is 15.0. The van der Waals surface area contributed by atoms with E-state index >= 15 is 0 Å². The highest BCUT2D eigenvalue weighted by Crippen LogP contribution is 2.28. The van der Waals surface area contributed by atoms with Gasteiger partial charge in [-0.2, -0.15) is 0 Å². The summed E-state index contributed by atoms with van der Waals surface area (Å²) in [7, 11) is 0. The lowest BCUT2D eigenvalue weighted by atomic mass is 10.0. The molecule has 150 valence electrons. The molecule has 0 unspecified atom stereocenters. The zero-order chi connectivity index (χ0) is 20.9. The normalized spacial score (nSPS) is 13.3. The number of nitrogens with zero attached hydrogens (tertiary/aromatic N) is 5. The quantitative estimate of drug-likeness (QED) is 0.447. The zero-order valence-corrected chi connectivity index (χ0v) is 16.4. The fourth-order valence-electron chi connectivity index (χ4n) is 4.18. The second kappa shape index (κ2) is 6.70. The Morgan fingerprint density at radius 1 is 1.00 bits per heavy atom. The van der Waals surface area contributed by atoms with Gasteiger partial charge < -0.3 is 4.90 Å². The molecule has 0 saturated heterocycles. The highest BCUT2D eigenvalue weighted by Gasteiger charge is 2.30.